The number of hydrogen-bond acceptors (Lipinski definition) is 6. The molecule has 1 saturated carbocycles. The normalized spacial score (nSPS) is 17.2. The number of carbonyl (C=O) groups excluding carboxylic acids is 1. The van der Waals surface area contributed by atoms with Crippen LogP contribution in [0.2, 0.25) is 5.02 Å². The Hall–Kier alpha value is -4.05. The zero-order valence-corrected chi connectivity index (χ0v) is 22.0. The number of amides is 1. The van der Waals surface area contributed by atoms with Gasteiger partial charge in [-0.2, -0.15) is 15.3 Å². The summed E-state index contributed by atoms with van der Waals surface area (Å²) < 4.78 is 20.7. The molecular weight excluding hydrogens is 525 g/mol. The molecule has 0 aliphatic heterocycles. The van der Waals surface area contributed by atoms with Crippen LogP contribution in [0.1, 0.15) is 48.2 Å². The van der Waals surface area contributed by atoms with Crippen molar-refractivity contribution in [3.05, 3.63) is 70.8 Å². The van der Waals surface area contributed by atoms with Crippen LogP contribution in [0, 0.1) is 11.7 Å². The van der Waals surface area contributed by atoms with E-state index in [1.165, 1.54) is 19.2 Å². The zero-order chi connectivity index (χ0) is 27.5. The Kier molecular flexibility index (Phi) is 7.74. The highest BCUT2D eigenvalue weighted by Gasteiger charge is 2.25. The SMILES string of the molecule is COc1cc(F)cc(-c2ccc(Cn3ncc4cc(Cl)cc(C(=O)NC5CCC(CC(=O)O)CC5)c43)nn2)c1. The summed E-state index contributed by atoms with van der Waals surface area (Å²) in [5, 5.41) is 26.3. The Bertz CT molecular complexity index is 1520. The first-order valence-electron chi connectivity index (χ1n) is 12.6. The second kappa shape index (κ2) is 11.4. The number of nitrogens with zero attached hydrogens (tertiary/aromatic N) is 4. The largest absolute Gasteiger partial charge is 0.497 e. The van der Waals surface area contributed by atoms with Crippen molar-refractivity contribution in [2.24, 2.45) is 5.92 Å². The van der Waals surface area contributed by atoms with Crippen molar-refractivity contribution < 1.29 is 23.8 Å². The molecule has 2 aromatic heterocycles. The van der Waals surface area contributed by atoms with Gasteiger partial charge in [0.1, 0.15) is 11.6 Å². The molecule has 2 heterocycles. The Labute approximate surface area is 229 Å². The lowest BCUT2D eigenvalue weighted by molar-refractivity contribution is -0.138. The van der Waals surface area contributed by atoms with Gasteiger partial charge in [0, 0.05) is 34.5 Å². The molecule has 11 heteroatoms. The quantitative estimate of drug-likeness (QED) is 0.312. The topological polar surface area (TPSA) is 119 Å². The highest BCUT2D eigenvalue weighted by Crippen LogP contribution is 2.29. The average Bonchev–Trinajstić information content (AvgIpc) is 3.31. The predicted molar refractivity (Wildman–Crippen MR) is 143 cm³/mol. The number of benzene rings is 2. The van der Waals surface area contributed by atoms with Crippen LogP contribution in [0.15, 0.2) is 48.7 Å². The molecule has 1 amide bonds. The predicted octanol–water partition coefficient (Wildman–Crippen LogP) is 5.11. The van der Waals surface area contributed by atoms with E-state index in [1.54, 1.807) is 41.2 Å². The summed E-state index contributed by atoms with van der Waals surface area (Å²) >= 11 is 6.33. The molecule has 1 fully saturated rings. The van der Waals surface area contributed by atoms with Crippen LogP contribution < -0.4 is 10.1 Å². The van der Waals surface area contributed by atoms with E-state index in [2.05, 4.69) is 20.6 Å². The maximum Gasteiger partial charge on any atom is 0.303 e. The first-order chi connectivity index (χ1) is 18.8. The Morgan fingerprint density at radius 1 is 1.13 bits per heavy atom. The van der Waals surface area contributed by atoms with Crippen molar-refractivity contribution in [3.8, 4) is 17.0 Å². The minimum Gasteiger partial charge on any atom is -0.497 e. The van der Waals surface area contributed by atoms with Gasteiger partial charge in [0.2, 0.25) is 0 Å². The zero-order valence-electron chi connectivity index (χ0n) is 21.2. The fourth-order valence-electron chi connectivity index (χ4n) is 5.09. The van der Waals surface area contributed by atoms with Crippen LogP contribution >= 0.6 is 11.6 Å². The van der Waals surface area contributed by atoms with Gasteiger partial charge in [-0.25, -0.2) is 4.39 Å². The molecule has 0 unspecified atom stereocenters. The molecule has 0 atom stereocenters. The number of nitrogens with one attached hydrogen (secondary N) is 1. The molecule has 0 radical (unpaired) electrons. The van der Waals surface area contributed by atoms with E-state index in [0.717, 1.165) is 25.7 Å². The van der Waals surface area contributed by atoms with Crippen molar-refractivity contribution in [2.45, 2.75) is 44.7 Å². The minimum atomic E-state index is -0.786. The molecule has 0 spiro atoms. The van der Waals surface area contributed by atoms with Crippen molar-refractivity contribution in [1.29, 1.82) is 0 Å². The summed E-state index contributed by atoms with van der Waals surface area (Å²) in [6.07, 6.45) is 4.79. The van der Waals surface area contributed by atoms with Gasteiger partial charge in [0.05, 0.1) is 42.3 Å². The molecule has 1 aliphatic carbocycles. The lowest BCUT2D eigenvalue weighted by Gasteiger charge is -2.28. The fraction of sp³-hybridized carbons (Fsp3) is 0.321. The van der Waals surface area contributed by atoms with E-state index < -0.39 is 11.8 Å². The van der Waals surface area contributed by atoms with Gasteiger partial charge in [-0.3, -0.25) is 14.3 Å². The van der Waals surface area contributed by atoms with Crippen LogP contribution in [-0.4, -0.2) is 50.1 Å². The summed E-state index contributed by atoms with van der Waals surface area (Å²) in [5.41, 5.74) is 2.66. The van der Waals surface area contributed by atoms with Gasteiger partial charge in [-0.15, -0.1) is 0 Å². The Morgan fingerprint density at radius 3 is 2.62 bits per heavy atom. The van der Waals surface area contributed by atoms with Crippen LogP contribution in [0.3, 0.4) is 0 Å². The third kappa shape index (κ3) is 6.17. The van der Waals surface area contributed by atoms with Gasteiger partial charge in [-0.05, 0) is 68.0 Å². The molecule has 2 N–H and O–H groups in total. The van der Waals surface area contributed by atoms with Gasteiger partial charge in [-0.1, -0.05) is 11.6 Å². The second-order valence-electron chi connectivity index (χ2n) is 9.77. The standard InChI is InChI=1S/C28H27ClFN5O4/c1-39-23-11-17(10-20(30)13-23)25-7-6-22(33-34-25)15-35-27-18(14-31-35)9-19(29)12-24(27)28(38)32-21-4-2-16(3-5-21)8-26(36)37/h6-7,9-14,16,21H,2-5,8,15H2,1H3,(H,32,38)(H,36,37). The number of aromatic nitrogens is 4. The van der Waals surface area contributed by atoms with Crippen molar-refractivity contribution >= 4 is 34.4 Å². The summed E-state index contributed by atoms with van der Waals surface area (Å²) in [6.45, 7) is 0.255. The molecule has 5 rings (SSSR count). The highest BCUT2D eigenvalue weighted by atomic mass is 35.5. The van der Waals surface area contributed by atoms with E-state index in [-0.39, 0.29) is 30.8 Å². The summed E-state index contributed by atoms with van der Waals surface area (Å²) in [6, 6.07) is 11.2. The summed E-state index contributed by atoms with van der Waals surface area (Å²) in [5.74, 6) is -0.948. The lowest BCUT2D eigenvalue weighted by Crippen LogP contribution is -2.38. The van der Waals surface area contributed by atoms with E-state index in [4.69, 9.17) is 21.4 Å². The smallest absolute Gasteiger partial charge is 0.303 e. The number of halogens is 2. The van der Waals surface area contributed by atoms with E-state index >= 15 is 0 Å². The third-order valence-corrected chi connectivity index (χ3v) is 7.24. The van der Waals surface area contributed by atoms with Gasteiger partial charge >= 0.3 is 5.97 Å². The number of fused-ring (bicyclic) bond motifs is 1. The maximum absolute atomic E-state index is 13.9. The monoisotopic (exact) mass is 551 g/mol. The fourth-order valence-corrected chi connectivity index (χ4v) is 5.32. The van der Waals surface area contributed by atoms with Crippen LogP contribution in [-0.2, 0) is 11.3 Å². The molecule has 9 nitrogen and oxygen atoms in total. The molecule has 0 saturated heterocycles. The molecule has 39 heavy (non-hydrogen) atoms. The molecule has 0 bridgehead atoms. The number of ether oxygens (including phenoxy) is 1. The van der Waals surface area contributed by atoms with E-state index in [9.17, 15) is 14.0 Å². The number of carboxylic acids is 1. The first kappa shape index (κ1) is 26.6. The Balaban J connectivity index is 1.34. The lowest BCUT2D eigenvalue weighted by atomic mass is 9.84. The average molecular weight is 552 g/mol. The van der Waals surface area contributed by atoms with Gasteiger partial charge < -0.3 is 15.2 Å². The van der Waals surface area contributed by atoms with Gasteiger partial charge in [0.25, 0.3) is 5.91 Å². The summed E-state index contributed by atoms with van der Waals surface area (Å²) in [7, 11) is 1.47. The van der Waals surface area contributed by atoms with E-state index in [1.807, 2.05) is 0 Å². The second-order valence-corrected chi connectivity index (χ2v) is 10.2. The van der Waals surface area contributed by atoms with Crippen LogP contribution in [0.5, 0.6) is 5.75 Å². The van der Waals surface area contributed by atoms with Crippen LogP contribution in [0.25, 0.3) is 22.2 Å². The number of carbonyl (C=O) groups is 2. The van der Waals surface area contributed by atoms with Crippen LogP contribution in [0.4, 0.5) is 4.39 Å². The number of carboxylic acid groups (broad SMARTS) is 1. The first-order valence-corrected chi connectivity index (χ1v) is 13.0. The molecule has 202 valence electrons. The van der Waals surface area contributed by atoms with Crippen molar-refractivity contribution in [2.75, 3.05) is 7.11 Å². The molecule has 2 aromatic carbocycles. The van der Waals surface area contributed by atoms with E-state index in [0.29, 0.717) is 44.2 Å². The number of hydrogen-bond donors (Lipinski definition) is 2. The minimum absolute atomic E-state index is 0.0344. The number of rotatable bonds is 8. The molecule has 1 aliphatic rings. The van der Waals surface area contributed by atoms with Crippen molar-refractivity contribution in [3.63, 3.8) is 0 Å². The number of methoxy groups -OCH3 is 1. The van der Waals surface area contributed by atoms with Gasteiger partial charge in [0.15, 0.2) is 0 Å². The number of aliphatic carboxylic acids is 1. The molecular formula is C28H27ClFN5O4. The Morgan fingerprint density at radius 2 is 1.92 bits per heavy atom. The highest BCUT2D eigenvalue weighted by molar-refractivity contribution is 6.32. The molecule has 4 aromatic rings. The van der Waals surface area contributed by atoms with Crippen molar-refractivity contribution in [1.82, 2.24) is 25.3 Å². The maximum atomic E-state index is 13.9. The summed E-state index contributed by atoms with van der Waals surface area (Å²) in [4.78, 5) is 24.4. The third-order valence-electron chi connectivity index (χ3n) is 7.02.